The second-order valence-electron chi connectivity index (χ2n) is 3.54. The molecule has 18 heavy (non-hydrogen) atoms. The predicted molar refractivity (Wildman–Crippen MR) is 71.4 cm³/mol. The topological polar surface area (TPSA) is 55.8 Å². The molecule has 0 saturated heterocycles. The number of para-hydroxylation sites is 1. The van der Waals surface area contributed by atoms with Crippen molar-refractivity contribution in [1.82, 2.24) is 0 Å². The standard InChI is InChI=1S/C12H18NO4P/c1-4-16-18(15,17-5-2)12-9-7-6-8-11(12)13(3)10-14/h6-10H,4-5H2,1-3H3. The summed E-state index contributed by atoms with van der Waals surface area (Å²) in [6.07, 6.45) is 0.654. The third-order valence-electron chi connectivity index (χ3n) is 2.31. The van der Waals surface area contributed by atoms with Crippen LogP contribution in [0.25, 0.3) is 0 Å². The van der Waals surface area contributed by atoms with E-state index in [2.05, 4.69) is 0 Å². The first-order valence-corrected chi connectivity index (χ1v) is 7.30. The molecule has 6 heteroatoms. The lowest BCUT2D eigenvalue weighted by atomic mass is 10.3. The van der Waals surface area contributed by atoms with Crippen molar-refractivity contribution in [3.63, 3.8) is 0 Å². The number of carbonyl (C=O) groups excluding carboxylic acids is 1. The normalized spacial score (nSPS) is 11.3. The van der Waals surface area contributed by atoms with Gasteiger partial charge in [0.1, 0.15) is 0 Å². The van der Waals surface area contributed by atoms with E-state index in [4.69, 9.17) is 9.05 Å². The fourth-order valence-corrected chi connectivity index (χ4v) is 3.38. The molecule has 0 atom stereocenters. The Balaban J connectivity index is 3.28. The van der Waals surface area contributed by atoms with E-state index in [1.54, 1.807) is 45.2 Å². The summed E-state index contributed by atoms with van der Waals surface area (Å²) in [5, 5.41) is 0.406. The van der Waals surface area contributed by atoms with Crippen LogP contribution in [-0.2, 0) is 18.4 Å². The molecule has 1 aromatic rings. The van der Waals surface area contributed by atoms with Crippen molar-refractivity contribution < 1.29 is 18.4 Å². The van der Waals surface area contributed by atoms with Crippen LogP contribution in [0, 0.1) is 0 Å². The fraction of sp³-hybridized carbons (Fsp3) is 0.417. The molecule has 0 N–H and O–H groups in total. The SMILES string of the molecule is CCOP(=O)(OCC)c1ccccc1N(C)C=O. The number of amides is 1. The van der Waals surface area contributed by atoms with Crippen molar-refractivity contribution in [1.29, 1.82) is 0 Å². The Morgan fingerprint density at radius 1 is 1.22 bits per heavy atom. The second-order valence-corrected chi connectivity index (χ2v) is 5.53. The van der Waals surface area contributed by atoms with Crippen molar-refractivity contribution in [2.24, 2.45) is 0 Å². The molecule has 1 amide bonds. The maximum absolute atomic E-state index is 12.7. The molecule has 0 spiro atoms. The van der Waals surface area contributed by atoms with Crippen LogP contribution in [0.5, 0.6) is 0 Å². The fourth-order valence-electron chi connectivity index (χ4n) is 1.57. The van der Waals surface area contributed by atoms with Gasteiger partial charge in [-0.1, -0.05) is 12.1 Å². The third kappa shape index (κ3) is 3.19. The van der Waals surface area contributed by atoms with Gasteiger partial charge < -0.3 is 13.9 Å². The van der Waals surface area contributed by atoms with Crippen molar-refractivity contribution in [3.05, 3.63) is 24.3 Å². The Bertz CT molecular complexity index is 439. The zero-order valence-corrected chi connectivity index (χ0v) is 11.7. The lowest BCUT2D eigenvalue weighted by Crippen LogP contribution is -2.23. The van der Waals surface area contributed by atoms with Gasteiger partial charge in [-0.2, -0.15) is 0 Å². The van der Waals surface area contributed by atoms with E-state index in [0.29, 0.717) is 17.4 Å². The Labute approximate surface area is 107 Å². The van der Waals surface area contributed by atoms with Crippen LogP contribution in [0.2, 0.25) is 0 Å². The van der Waals surface area contributed by atoms with Crippen molar-refractivity contribution in [2.45, 2.75) is 13.8 Å². The maximum Gasteiger partial charge on any atom is 0.363 e. The molecule has 0 aliphatic rings. The van der Waals surface area contributed by atoms with Crippen LogP contribution in [-0.4, -0.2) is 26.7 Å². The Morgan fingerprint density at radius 3 is 2.28 bits per heavy atom. The molecule has 0 heterocycles. The molecule has 0 aromatic heterocycles. The molecular weight excluding hydrogens is 253 g/mol. The number of hydrogen-bond donors (Lipinski definition) is 0. The molecular formula is C12H18NO4P. The Kier molecular flexibility index (Phi) is 5.54. The zero-order valence-electron chi connectivity index (χ0n) is 10.8. The van der Waals surface area contributed by atoms with Gasteiger partial charge in [0.25, 0.3) is 0 Å². The summed E-state index contributed by atoms with van der Waals surface area (Å²) in [7, 11) is -1.79. The average molecular weight is 271 g/mol. The van der Waals surface area contributed by atoms with Crippen LogP contribution in [0.1, 0.15) is 13.8 Å². The number of hydrogen-bond acceptors (Lipinski definition) is 4. The lowest BCUT2D eigenvalue weighted by Gasteiger charge is -2.22. The highest BCUT2D eigenvalue weighted by atomic mass is 31.2. The van der Waals surface area contributed by atoms with Crippen LogP contribution in [0.15, 0.2) is 24.3 Å². The van der Waals surface area contributed by atoms with Gasteiger partial charge in [0.15, 0.2) is 0 Å². The number of anilines is 1. The molecule has 0 bridgehead atoms. The summed E-state index contributed by atoms with van der Waals surface area (Å²) < 4.78 is 23.2. The first kappa shape index (κ1) is 14.9. The lowest BCUT2D eigenvalue weighted by molar-refractivity contribution is -0.107. The Morgan fingerprint density at radius 2 is 1.78 bits per heavy atom. The van der Waals surface area contributed by atoms with Crippen molar-refractivity contribution >= 4 is 25.0 Å². The van der Waals surface area contributed by atoms with Gasteiger partial charge in [-0.3, -0.25) is 9.36 Å². The highest BCUT2D eigenvalue weighted by molar-refractivity contribution is 7.62. The molecule has 0 saturated carbocycles. The summed E-state index contributed by atoms with van der Waals surface area (Å²) in [5.41, 5.74) is 0.526. The molecule has 0 fully saturated rings. The molecule has 5 nitrogen and oxygen atoms in total. The summed E-state index contributed by atoms with van der Waals surface area (Å²) in [4.78, 5) is 12.2. The minimum absolute atomic E-state index is 0.274. The van der Waals surface area contributed by atoms with Gasteiger partial charge in [-0.05, 0) is 26.0 Å². The van der Waals surface area contributed by atoms with Gasteiger partial charge in [0.2, 0.25) is 6.41 Å². The van der Waals surface area contributed by atoms with Gasteiger partial charge in [0.05, 0.1) is 24.2 Å². The minimum atomic E-state index is -3.38. The quantitative estimate of drug-likeness (QED) is 0.563. The highest BCUT2D eigenvalue weighted by Gasteiger charge is 2.30. The molecule has 0 unspecified atom stereocenters. The summed E-state index contributed by atoms with van der Waals surface area (Å²) in [6, 6.07) is 6.86. The molecule has 0 radical (unpaired) electrons. The maximum atomic E-state index is 12.7. The van der Waals surface area contributed by atoms with Gasteiger partial charge in [-0.15, -0.1) is 0 Å². The summed E-state index contributed by atoms with van der Waals surface area (Å²) in [6.45, 7) is 4.04. The van der Waals surface area contributed by atoms with Crippen LogP contribution < -0.4 is 10.2 Å². The van der Waals surface area contributed by atoms with Crippen LogP contribution in [0.4, 0.5) is 5.69 Å². The van der Waals surface area contributed by atoms with Gasteiger partial charge in [-0.25, -0.2) is 0 Å². The summed E-state index contributed by atoms with van der Waals surface area (Å²) in [5.74, 6) is 0. The van der Waals surface area contributed by atoms with Crippen LogP contribution in [0.3, 0.4) is 0 Å². The minimum Gasteiger partial charge on any atom is -0.317 e. The van der Waals surface area contributed by atoms with Gasteiger partial charge in [0, 0.05) is 7.05 Å². The average Bonchev–Trinajstić information content (AvgIpc) is 2.38. The molecule has 0 aliphatic carbocycles. The van der Waals surface area contributed by atoms with Crippen molar-refractivity contribution in [2.75, 3.05) is 25.2 Å². The number of rotatable bonds is 7. The Hall–Kier alpha value is -1.16. The molecule has 1 rings (SSSR count). The van der Waals surface area contributed by atoms with E-state index in [1.165, 1.54) is 4.90 Å². The molecule has 0 aliphatic heterocycles. The first-order valence-electron chi connectivity index (χ1n) is 5.75. The van der Waals surface area contributed by atoms with E-state index < -0.39 is 7.60 Å². The van der Waals surface area contributed by atoms with E-state index in [1.807, 2.05) is 0 Å². The zero-order chi connectivity index (χ0) is 13.6. The van der Waals surface area contributed by atoms with E-state index in [9.17, 15) is 9.36 Å². The van der Waals surface area contributed by atoms with E-state index in [0.717, 1.165) is 0 Å². The van der Waals surface area contributed by atoms with E-state index in [-0.39, 0.29) is 13.2 Å². The number of benzene rings is 1. The monoisotopic (exact) mass is 271 g/mol. The largest absolute Gasteiger partial charge is 0.363 e. The van der Waals surface area contributed by atoms with Crippen LogP contribution >= 0.6 is 7.60 Å². The molecule has 1 aromatic carbocycles. The third-order valence-corrected chi connectivity index (χ3v) is 4.48. The predicted octanol–water partition coefficient (Wildman–Crippen LogP) is 2.17. The second kappa shape index (κ2) is 6.69. The number of nitrogens with zero attached hydrogens (tertiary/aromatic N) is 1. The molecule has 100 valence electrons. The summed E-state index contributed by atoms with van der Waals surface area (Å²) >= 11 is 0. The van der Waals surface area contributed by atoms with Crippen molar-refractivity contribution in [3.8, 4) is 0 Å². The smallest absolute Gasteiger partial charge is 0.317 e. The first-order chi connectivity index (χ1) is 8.59. The number of carbonyl (C=O) groups is 1. The highest BCUT2D eigenvalue weighted by Crippen LogP contribution is 2.48. The van der Waals surface area contributed by atoms with E-state index >= 15 is 0 Å². The van der Waals surface area contributed by atoms with Gasteiger partial charge >= 0.3 is 7.60 Å².